The van der Waals surface area contributed by atoms with Crippen LogP contribution in [-0.4, -0.2) is 56.3 Å². The molecule has 1 unspecified atom stereocenters. The minimum absolute atomic E-state index is 0.00620. The SMILES string of the molecule is CCC(O)c1cccc(S(=O)(=O)N(CCO)CCOC)c1. The van der Waals surface area contributed by atoms with Gasteiger partial charge in [0.05, 0.1) is 24.2 Å². The first-order valence-electron chi connectivity index (χ1n) is 6.85. The van der Waals surface area contributed by atoms with Crippen LogP contribution in [0, 0.1) is 0 Å². The second kappa shape index (κ2) is 8.45. The van der Waals surface area contributed by atoms with Gasteiger partial charge in [0.15, 0.2) is 0 Å². The fourth-order valence-electron chi connectivity index (χ4n) is 1.92. The number of nitrogens with zero attached hydrogens (tertiary/aromatic N) is 1. The second-order valence-corrected chi connectivity index (χ2v) is 6.55. The van der Waals surface area contributed by atoms with Gasteiger partial charge in [-0.3, -0.25) is 0 Å². The summed E-state index contributed by atoms with van der Waals surface area (Å²) in [5.74, 6) is 0. The van der Waals surface area contributed by atoms with Crippen molar-refractivity contribution in [1.29, 1.82) is 0 Å². The van der Waals surface area contributed by atoms with Crippen molar-refractivity contribution in [2.75, 3.05) is 33.4 Å². The smallest absolute Gasteiger partial charge is 0.243 e. The van der Waals surface area contributed by atoms with Crippen LogP contribution in [0.15, 0.2) is 29.2 Å². The molecule has 0 aliphatic rings. The van der Waals surface area contributed by atoms with Gasteiger partial charge in [-0.25, -0.2) is 8.42 Å². The standard InChI is InChI=1S/C14H23NO5S/c1-3-14(17)12-5-4-6-13(11-12)21(18,19)15(7-9-16)8-10-20-2/h4-6,11,14,16-17H,3,7-10H2,1-2H3. The van der Waals surface area contributed by atoms with Crippen LogP contribution in [0.25, 0.3) is 0 Å². The Hall–Kier alpha value is -0.990. The van der Waals surface area contributed by atoms with Crippen molar-refractivity contribution in [3.8, 4) is 0 Å². The largest absolute Gasteiger partial charge is 0.395 e. The summed E-state index contributed by atoms with van der Waals surface area (Å²) in [4.78, 5) is 0.108. The highest BCUT2D eigenvalue weighted by atomic mass is 32.2. The van der Waals surface area contributed by atoms with Crippen molar-refractivity contribution in [3.63, 3.8) is 0 Å². The van der Waals surface area contributed by atoms with Gasteiger partial charge in [0.2, 0.25) is 10.0 Å². The summed E-state index contributed by atoms with van der Waals surface area (Å²) in [7, 11) is -2.23. The first-order valence-corrected chi connectivity index (χ1v) is 8.29. The highest BCUT2D eigenvalue weighted by Gasteiger charge is 2.24. The third-order valence-electron chi connectivity index (χ3n) is 3.16. The molecule has 0 radical (unpaired) electrons. The molecule has 7 heteroatoms. The van der Waals surface area contributed by atoms with E-state index in [1.54, 1.807) is 12.1 Å². The van der Waals surface area contributed by atoms with E-state index in [0.717, 1.165) is 0 Å². The number of rotatable bonds is 9. The van der Waals surface area contributed by atoms with Gasteiger partial charge >= 0.3 is 0 Å². The molecule has 0 spiro atoms. The van der Waals surface area contributed by atoms with Crippen LogP contribution in [0.2, 0.25) is 0 Å². The Kier molecular flexibility index (Phi) is 7.27. The maximum atomic E-state index is 12.6. The van der Waals surface area contributed by atoms with Crippen molar-refractivity contribution >= 4 is 10.0 Å². The molecular formula is C14H23NO5S. The Morgan fingerprint density at radius 1 is 1.33 bits per heavy atom. The van der Waals surface area contributed by atoms with E-state index in [4.69, 9.17) is 9.84 Å². The second-order valence-electron chi connectivity index (χ2n) is 4.62. The Morgan fingerprint density at radius 2 is 2.05 bits per heavy atom. The van der Waals surface area contributed by atoms with Crippen LogP contribution in [0.4, 0.5) is 0 Å². The molecule has 120 valence electrons. The zero-order chi connectivity index (χ0) is 15.9. The van der Waals surface area contributed by atoms with Gasteiger partial charge in [0.25, 0.3) is 0 Å². The van der Waals surface area contributed by atoms with Crippen LogP contribution in [-0.2, 0) is 14.8 Å². The molecule has 0 saturated carbocycles. The van der Waals surface area contributed by atoms with E-state index in [1.807, 2.05) is 6.92 Å². The van der Waals surface area contributed by atoms with Crippen LogP contribution < -0.4 is 0 Å². The Labute approximate surface area is 126 Å². The average molecular weight is 317 g/mol. The lowest BCUT2D eigenvalue weighted by atomic mass is 10.1. The summed E-state index contributed by atoms with van der Waals surface area (Å²) in [6, 6.07) is 6.26. The van der Waals surface area contributed by atoms with Crippen LogP contribution in [0.1, 0.15) is 25.0 Å². The van der Waals surface area contributed by atoms with Crippen LogP contribution in [0.3, 0.4) is 0 Å². The quantitative estimate of drug-likeness (QED) is 0.702. The molecule has 1 atom stereocenters. The number of sulfonamides is 1. The topological polar surface area (TPSA) is 87.1 Å². The zero-order valence-electron chi connectivity index (χ0n) is 12.4. The summed E-state index contributed by atoms with van der Waals surface area (Å²) >= 11 is 0. The molecule has 0 amide bonds. The van der Waals surface area contributed by atoms with Gasteiger partial charge in [-0.05, 0) is 24.1 Å². The number of aliphatic hydroxyl groups excluding tert-OH is 2. The van der Waals surface area contributed by atoms with E-state index < -0.39 is 16.1 Å². The van der Waals surface area contributed by atoms with Crippen molar-refractivity contribution in [1.82, 2.24) is 4.31 Å². The van der Waals surface area contributed by atoms with E-state index >= 15 is 0 Å². The maximum Gasteiger partial charge on any atom is 0.243 e. The fourth-order valence-corrected chi connectivity index (χ4v) is 3.39. The average Bonchev–Trinajstić information content (AvgIpc) is 2.50. The third kappa shape index (κ3) is 4.76. The number of hydrogen-bond donors (Lipinski definition) is 2. The van der Waals surface area contributed by atoms with E-state index in [0.29, 0.717) is 12.0 Å². The van der Waals surface area contributed by atoms with E-state index in [1.165, 1.54) is 23.5 Å². The van der Waals surface area contributed by atoms with Crippen LogP contribution >= 0.6 is 0 Å². The molecule has 6 nitrogen and oxygen atoms in total. The Bertz CT molecular complexity index is 532. The number of benzene rings is 1. The minimum Gasteiger partial charge on any atom is -0.395 e. The predicted molar refractivity (Wildman–Crippen MR) is 79.4 cm³/mol. The molecule has 21 heavy (non-hydrogen) atoms. The van der Waals surface area contributed by atoms with E-state index in [-0.39, 0.29) is 31.2 Å². The molecule has 0 aliphatic carbocycles. The molecule has 0 aliphatic heterocycles. The summed E-state index contributed by atoms with van der Waals surface area (Å²) in [5.41, 5.74) is 0.564. The molecule has 0 fully saturated rings. The van der Waals surface area contributed by atoms with Crippen molar-refractivity contribution < 1.29 is 23.4 Å². The first-order chi connectivity index (χ1) is 9.97. The van der Waals surface area contributed by atoms with Crippen molar-refractivity contribution in [3.05, 3.63) is 29.8 Å². The number of ether oxygens (including phenoxy) is 1. The van der Waals surface area contributed by atoms with Gasteiger partial charge in [-0.15, -0.1) is 0 Å². The Balaban J connectivity index is 3.09. The highest BCUT2D eigenvalue weighted by molar-refractivity contribution is 7.89. The molecule has 0 saturated heterocycles. The molecule has 1 aromatic rings. The lowest BCUT2D eigenvalue weighted by molar-refractivity contribution is 0.168. The van der Waals surface area contributed by atoms with Gasteiger partial charge in [-0.2, -0.15) is 4.31 Å². The molecular weight excluding hydrogens is 294 g/mol. The summed E-state index contributed by atoms with van der Waals surface area (Å²) in [5, 5.41) is 18.9. The van der Waals surface area contributed by atoms with Crippen molar-refractivity contribution in [2.45, 2.75) is 24.3 Å². The maximum absolute atomic E-state index is 12.6. The molecule has 0 aromatic heterocycles. The number of methoxy groups -OCH3 is 1. The summed E-state index contributed by atoms with van der Waals surface area (Å²) in [6.07, 6.45) is -0.182. The highest BCUT2D eigenvalue weighted by Crippen LogP contribution is 2.22. The lowest BCUT2D eigenvalue weighted by Crippen LogP contribution is -2.36. The van der Waals surface area contributed by atoms with Gasteiger partial charge < -0.3 is 14.9 Å². The lowest BCUT2D eigenvalue weighted by Gasteiger charge is -2.21. The van der Waals surface area contributed by atoms with Crippen LogP contribution in [0.5, 0.6) is 0 Å². The Morgan fingerprint density at radius 3 is 2.62 bits per heavy atom. The molecule has 2 N–H and O–H groups in total. The summed E-state index contributed by atoms with van der Waals surface area (Å²) in [6.45, 7) is 1.98. The van der Waals surface area contributed by atoms with Gasteiger partial charge in [0, 0.05) is 20.2 Å². The molecule has 0 bridgehead atoms. The number of hydrogen-bond acceptors (Lipinski definition) is 5. The zero-order valence-corrected chi connectivity index (χ0v) is 13.2. The molecule has 1 aromatic carbocycles. The normalized spacial score (nSPS) is 13.6. The van der Waals surface area contributed by atoms with E-state index in [9.17, 15) is 13.5 Å². The summed E-state index contributed by atoms with van der Waals surface area (Å²) < 4.78 is 31.2. The minimum atomic E-state index is -3.72. The fraction of sp³-hybridized carbons (Fsp3) is 0.571. The predicted octanol–water partition coefficient (Wildman–Crippen LogP) is 0.759. The molecule has 1 rings (SSSR count). The monoisotopic (exact) mass is 317 g/mol. The first kappa shape index (κ1) is 18.1. The molecule has 0 heterocycles. The van der Waals surface area contributed by atoms with Crippen molar-refractivity contribution in [2.24, 2.45) is 0 Å². The van der Waals surface area contributed by atoms with Gasteiger partial charge in [-0.1, -0.05) is 19.1 Å². The third-order valence-corrected chi connectivity index (χ3v) is 5.06. The van der Waals surface area contributed by atoms with Gasteiger partial charge in [0.1, 0.15) is 0 Å². The van der Waals surface area contributed by atoms with E-state index in [2.05, 4.69) is 0 Å². The number of aliphatic hydroxyl groups is 2.